The number of amides is 1. The molecule has 1 amide bonds. The summed E-state index contributed by atoms with van der Waals surface area (Å²) in [5.74, 6) is 2.58. The summed E-state index contributed by atoms with van der Waals surface area (Å²) in [6, 6.07) is 2.28. The standard InChI is InChI=1S/C23H36N4O/c1-22(2,3)21(28)25-20-8-11-24-27(20)18-9-12-26(13-10-18)15-16-6-7-17-14-19(16)23(17,4)5/h6,8,11,17-19H,7,9-10,12-15H2,1-5H3,(H,25,28)/t17-,19-/m0/s1. The molecular formula is C23H36N4O. The van der Waals surface area contributed by atoms with Crippen molar-refractivity contribution in [3.05, 3.63) is 23.9 Å². The fraction of sp³-hybridized carbons (Fsp3) is 0.739. The first kappa shape index (κ1) is 19.7. The minimum Gasteiger partial charge on any atom is -0.310 e. The zero-order valence-corrected chi connectivity index (χ0v) is 18.2. The summed E-state index contributed by atoms with van der Waals surface area (Å²) in [4.78, 5) is 15.0. The van der Waals surface area contributed by atoms with E-state index in [1.165, 1.54) is 12.8 Å². The molecule has 154 valence electrons. The number of hydrogen-bond acceptors (Lipinski definition) is 3. The van der Waals surface area contributed by atoms with Gasteiger partial charge in [-0.25, -0.2) is 4.68 Å². The molecule has 1 aromatic rings. The number of carbonyl (C=O) groups is 1. The van der Waals surface area contributed by atoms with Crippen molar-refractivity contribution in [1.29, 1.82) is 0 Å². The van der Waals surface area contributed by atoms with E-state index in [0.717, 1.165) is 50.1 Å². The lowest BCUT2D eigenvalue weighted by Gasteiger charge is -2.57. The molecule has 1 N–H and O–H groups in total. The van der Waals surface area contributed by atoms with Gasteiger partial charge in [0.05, 0.1) is 12.2 Å². The molecule has 1 aromatic heterocycles. The summed E-state index contributed by atoms with van der Waals surface area (Å²) in [6.45, 7) is 14.1. The number of likely N-dealkylation sites (tertiary alicyclic amines) is 1. The maximum Gasteiger partial charge on any atom is 0.230 e. The number of rotatable bonds is 4. The lowest BCUT2D eigenvalue weighted by molar-refractivity contribution is -0.123. The molecule has 0 aromatic carbocycles. The van der Waals surface area contributed by atoms with Crippen molar-refractivity contribution in [3.8, 4) is 0 Å². The van der Waals surface area contributed by atoms with Crippen LogP contribution in [0.2, 0.25) is 0 Å². The highest BCUT2D eigenvalue weighted by atomic mass is 16.2. The summed E-state index contributed by atoms with van der Waals surface area (Å²) in [7, 11) is 0. The zero-order chi connectivity index (χ0) is 20.1. The molecule has 5 nitrogen and oxygen atoms in total. The molecule has 2 atom stereocenters. The number of fused-ring (bicyclic) bond motifs is 1. The Balaban J connectivity index is 1.34. The molecule has 5 rings (SSSR count). The van der Waals surface area contributed by atoms with E-state index in [-0.39, 0.29) is 5.91 Å². The van der Waals surface area contributed by atoms with E-state index in [4.69, 9.17) is 0 Å². The van der Waals surface area contributed by atoms with Crippen LogP contribution >= 0.6 is 0 Å². The van der Waals surface area contributed by atoms with Crippen molar-refractivity contribution in [2.45, 2.75) is 66.3 Å². The average Bonchev–Trinajstić information content (AvgIpc) is 3.09. The topological polar surface area (TPSA) is 50.2 Å². The van der Waals surface area contributed by atoms with Gasteiger partial charge in [-0.05, 0) is 42.9 Å². The number of piperidine rings is 1. The van der Waals surface area contributed by atoms with E-state index >= 15 is 0 Å². The third-order valence-electron chi connectivity index (χ3n) is 7.48. The van der Waals surface area contributed by atoms with Gasteiger partial charge in [0.15, 0.2) is 0 Å². The Morgan fingerprint density at radius 2 is 2.00 bits per heavy atom. The van der Waals surface area contributed by atoms with E-state index in [9.17, 15) is 4.79 Å². The molecule has 1 aliphatic heterocycles. The Bertz CT molecular complexity index is 762. The molecule has 0 radical (unpaired) electrons. The predicted molar refractivity (Wildman–Crippen MR) is 113 cm³/mol. The predicted octanol–water partition coefficient (Wildman–Crippen LogP) is 4.50. The molecule has 4 aliphatic rings. The maximum atomic E-state index is 12.4. The van der Waals surface area contributed by atoms with Gasteiger partial charge in [-0.1, -0.05) is 46.3 Å². The SMILES string of the molecule is CC(C)(C)C(=O)Nc1ccnn1C1CCN(CC2=CC[C@H]3C[C@@H]2C3(C)C)CC1. The number of nitrogens with zero attached hydrogens (tertiary/aromatic N) is 3. The first-order chi connectivity index (χ1) is 13.2. The van der Waals surface area contributed by atoms with Crippen molar-refractivity contribution >= 4 is 11.7 Å². The van der Waals surface area contributed by atoms with Crippen LogP contribution in [0.25, 0.3) is 0 Å². The molecule has 0 unspecified atom stereocenters. The van der Waals surface area contributed by atoms with Gasteiger partial charge < -0.3 is 5.32 Å². The van der Waals surface area contributed by atoms with Gasteiger partial charge in [-0.3, -0.25) is 9.69 Å². The fourth-order valence-corrected chi connectivity index (χ4v) is 5.24. The first-order valence-electron chi connectivity index (χ1n) is 10.9. The van der Waals surface area contributed by atoms with Crippen molar-refractivity contribution < 1.29 is 4.79 Å². The smallest absolute Gasteiger partial charge is 0.230 e. The van der Waals surface area contributed by atoms with Crippen molar-refractivity contribution in [2.24, 2.45) is 22.7 Å². The van der Waals surface area contributed by atoms with Crippen molar-refractivity contribution in [2.75, 3.05) is 25.0 Å². The zero-order valence-electron chi connectivity index (χ0n) is 18.2. The summed E-state index contributed by atoms with van der Waals surface area (Å²) in [5, 5.41) is 7.59. The molecule has 0 spiro atoms. The summed E-state index contributed by atoms with van der Waals surface area (Å²) in [5.41, 5.74) is 1.79. The number of allylic oxidation sites excluding steroid dienone is 1. The number of hydrogen-bond donors (Lipinski definition) is 1. The van der Waals surface area contributed by atoms with Gasteiger partial charge >= 0.3 is 0 Å². The van der Waals surface area contributed by atoms with E-state index < -0.39 is 5.41 Å². The molecule has 1 saturated heterocycles. The number of anilines is 1. The van der Waals surface area contributed by atoms with Crippen LogP contribution in [-0.4, -0.2) is 40.2 Å². The largest absolute Gasteiger partial charge is 0.310 e. The van der Waals surface area contributed by atoms with Gasteiger partial charge in [0.1, 0.15) is 5.82 Å². The molecule has 2 bridgehead atoms. The Kier molecular flexibility index (Phi) is 4.93. The summed E-state index contributed by atoms with van der Waals surface area (Å²) < 4.78 is 2.03. The van der Waals surface area contributed by atoms with Gasteiger partial charge in [-0.2, -0.15) is 5.10 Å². The molecule has 2 heterocycles. The second-order valence-electron chi connectivity index (χ2n) is 10.7. The molecule has 3 aliphatic carbocycles. The van der Waals surface area contributed by atoms with Gasteiger partial charge in [0.2, 0.25) is 5.91 Å². The summed E-state index contributed by atoms with van der Waals surface area (Å²) >= 11 is 0. The average molecular weight is 385 g/mol. The van der Waals surface area contributed by atoms with Crippen molar-refractivity contribution in [3.63, 3.8) is 0 Å². The van der Waals surface area contributed by atoms with Crippen LogP contribution in [0.5, 0.6) is 0 Å². The quantitative estimate of drug-likeness (QED) is 0.778. The van der Waals surface area contributed by atoms with Crippen LogP contribution in [0.4, 0.5) is 5.82 Å². The normalized spacial score (nSPS) is 27.8. The van der Waals surface area contributed by atoms with E-state index in [1.807, 2.05) is 31.5 Å². The van der Waals surface area contributed by atoms with E-state index in [1.54, 1.807) is 11.8 Å². The van der Waals surface area contributed by atoms with Gasteiger partial charge in [0, 0.05) is 31.1 Å². The van der Waals surface area contributed by atoms with Crippen LogP contribution in [0.1, 0.15) is 66.3 Å². The van der Waals surface area contributed by atoms with Crippen LogP contribution in [0.3, 0.4) is 0 Å². The number of carbonyl (C=O) groups excluding carboxylic acids is 1. The van der Waals surface area contributed by atoms with Gasteiger partial charge in [-0.15, -0.1) is 0 Å². The Morgan fingerprint density at radius 1 is 1.29 bits per heavy atom. The highest BCUT2D eigenvalue weighted by Crippen LogP contribution is 2.59. The highest BCUT2D eigenvalue weighted by Gasteiger charge is 2.51. The molecule has 1 saturated carbocycles. The molecule has 28 heavy (non-hydrogen) atoms. The lowest BCUT2D eigenvalue weighted by atomic mass is 9.49. The monoisotopic (exact) mass is 384 g/mol. The lowest BCUT2D eigenvalue weighted by Crippen LogP contribution is -2.50. The molecule has 2 fully saturated rings. The van der Waals surface area contributed by atoms with Crippen LogP contribution in [0.15, 0.2) is 23.9 Å². The number of nitrogens with one attached hydrogen (secondary N) is 1. The Morgan fingerprint density at radius 3 is 2.61 bits per heavy atom. The Labute approximate surface area is 169 Å². The second-order valence-corrected chi connectivity index (χ2v) is 10.7. The number of aromatic nitrogens is 2. The molecular weight excluding hydrogens is 348 g/mol. The van der Waals surface area contributed by atoms with Crippen LogP contribution < -0.4 is 5.32 Å². The highest BCUT2D eigenvalue weighted by molar-refractivity contribution is 5.93. The summed E-state index contributed by atoms with van der Waals surface area (Å²) in [6.07, 6.45) is 9.18. The first-order valence-corrected chi connectivity index (χ1v) is 10.9. The maximum absolute atomic E-state index is 12.4. The minimum absolute atomic E-state index is 0.0392. The van der Waals surface area contributed by atoms with Crippen molar-refractivity contribution in [1.82, 2.24) is 14.7 Å². The second kappa shape index (κ2) is 7.01. The van der Waals surface area contributed by atoms with E-state index in [0.29, 0.717) is 11.5 Å². The van der Waals surface area contributed by atoms with Crippen LogP contribution in [-0.2, 0) is 4.79 Å². The third kappa shape index (κ3) is 3.54. The van der Waals surface area contributed by atoms with Crippen LogP contribution in [0, 0.1) is 22.7 Å². The Hall–Kier alpha value is -1.62. The van der Waals surface area contributed by atoms with E-state index in [2.05, 4.69) is 35.2 Å². The van der Waals surface area contributed by atoms with Gasteiger partial charge in [0.25, 0.3) is 0 Å². The minimum atomic E-state index is -0.402. The molecule has 5 heteroatoms. The fourth-order valence-electron chi connectivity index (χ4n) is 5.24. The third-order valence-corrected chi connectivity index (χ3v) is 7.48.